The highest BCUT2D eigenvalue weighted by Gasteiger charge is 2.04. The third-order valence-corrected chi connectivity index (χ3v) is 2.93. The predicted octanol–water partition coefficient (Wildman–Crippen LogP) is 3.09. The monoisotopic (exact) mass is 246 g/mol. The number of aromatic amines is 1. The second kappa shape index (κ2) is 2.30. The highest BCUT2D eigenvalue weighted by Crippen LogP contribution is 2.32. The summed E-state index contributed by atoms with van der Waals surface area (Å²) in [6.07, 6.45) is 4.14. The number of hydrogen-bond donors (Lipinski definition) is 1. The second-order valence-electron chi connectivity index (χ2n) is 2.21. The Kier molecular flexibility index (Phi) is 1.44. The van der Waals surface area contributed by atoms with Crippen LogP contribution in [-0.2, 0) is 0 Å². The zero-order valence-corrected chi connectivity index (χ0v) is 7.71. The van der Waals surface area contributed by atoms with Crippen LogP contribution in [0.2, 0.25) is 0 Å². The molecule has 1 aromatic rings. The van der Waals surface area contributed by atoms with Crippen molar-refractivity contribution in [3.63, 3.8) is 0 Å². The fraction of sp³-hybridized carbons (Fsp3) is 0.143. The lowest BCUT2D eigenvalue weighted by Crippen LogP contribution is -1.70. The van der Waals surface area contributed by atoms with Crippen LogP contribution in [0.25, 0.3) is 6.08 Å². The van der Waals surface area contributed by atoms with E-state index in [1.165, 1.54) is 16.9 Å². The summed E-state index contributed by atoms with van der Waals surface area (Å²) in [7, 11) is 0. The molecule has 0 radical (unpaired) electrons. The van der Waals surface area contributed by atoms with Crippen LogP contribution in [0.4, 0.5) is 5.69 Å². The number of nitrogens with zero attached hydrogens (tertiary/aromatic N) is 1. The highest BCUT2D eigenvalue weighted by atomic mass is 127. The van der Waals surface area contributed by atoms with Crippen molar-refractivity contribution in [2.75, 3.05) is 0 Å². The van der Waals surface area contributed by atoms with Gasteiger partial charge in [0.05, 0.1) is 11.4 Å². The lowest BCUT2D eigenvalue weighted by Gasteiger charge is -1.95. The maximum atomic E-state index is 4.44. The fourth-order valence-electron chi connectivity index (χ4n) is 0.943. The van der Waals surface area contributed by atoms with Gasteiger partial charge in [-0.2, -0.15) is 0 Å². The molecule has 1 aromatic heterocycles. The van der Waals surface area contributed by atoms with Crippen molar-refractivity contribution >= 4 is 32.8 Å². The molecule has 0 spiro atoms. The van der Waals surface area contributed by atoms with Crippen molar-refractivity contribution in [2.24, 2.45) is 3.15 Å². The lowest BCUT2D eigenvalue weighted by molar-refractivity contribution is 1.36. The molecule has 1 aliphatic heterocycles. The van der Waals surface area contributed by atoms with E-state index >= 15 is 0 Å². The molecule has 1 aliphatic rings. The number of fused-ring (bicyclic) bond motifs is 1. The Labute approximate surface area is 69.5 Å². The van der Waals surface area contributed by atoms with Crippen LogP contribution < -0.4 is 0 Å². The Morgan fingerprint density at radius 2 is 2.50 bits per heavy atom. The average Bonchev–Trinajstić information content (AvgIpc) is 2.34. The standard InChI is InChI=1S/C7H7IN2/c1-5-4-9-6-2-3-8-10-7(5)6/h2-4,9H,1H3. The molecular weight excluding hydrogens is 239 g/mol. The number of H-pyrrole nitrogens is 1. The van der Waals surface area contributed by atoms with Gasteiger partial charge < -0.3 is 4.98 Å². The van der Waals surface area contributed by atoms with Crippen molar-refractivity contribution in [1.29, 1.82) is 0 Å². The van der Waals surface area contributed by atoms with Crippen LogP contribution in [0, 0.1) is 6.92 Å². The zero-order valence-electron chi connectivity index (χ0n) is 5.56. The molecule has 0 bridgehead atoms. The highest BCUT2D eigenvalue weighted by molar-refractivity contribution is 14.2. The molecule has 0 amide bonds. The summed E-state index contributed by atoms with van der Waals surface area (Å²) in [5, 5.41) is 0. The summed E-state index contributed by atoms with van der Waals surface area (Å²) in [4.78, 5) is 3.16. The number of aryl methyl sites for hydroxylation is 1. The first-order chi connectivity index (χ1) is 4.88. The van der Waals surface area contributed by atoms with E-state index in [0.717, 1.165) is 0 Å². The van der Waals surface area contributed by atoms with Gasteiger partial charge in [-0.05, 0) is 22.6 Å². The van der Waals surface area contributed by atoms with E-state index in [1.54, 1.807) is 0 Å². The Morgan fingerprint density at radius 3 is 3.30 bits per heavy atom. The molecule has 2 heterocycles. The second-order valence-corrected chi connectivity index (χ2v) is 3.97. The van der Waals surface area contributed by atoms with Crippen LogP contribution in [0.1, 0.15) is 11.3 Å². The number of nitrogens with one attached hydrogen (secondary N) is 1. The first-order valence-electron chi connectivity index (χ1n) is 3.06. The van der Waals surface area contributed by atoms with Gasteiger partial charge in [0.15, 0.2) is 0 Å². The smallest absolute Gasteiger partial charge is 0.0969 e. The normalized spacial score (nSPS) is 14.5. The first-order valence-corrected chi connectivity index (χ1v) is 5.27. The minimum Gasteiger partial charge on any atom is -0.360 e. The summed E-state index contributed by atoms with van der Waals surface area (Å²) in [5.41, 5.74) is 3.61. The molecule has 0 unspecified atom stereocenters. The summed E-state index contributed by atoms with van der Waals surface area (Å²) in [6.45, 7) is 2.09. The predicted molar refractivity (Wildman–Crippen MR) is 50.7 cm³/mol. The van der Waals surface area contributed by atoms with Crippen LogP contribution in [-0.4, -0.2) is 4.98 Å². The first kappa shape index (κ1) is 6.27. The van der Waals surface area contributed by atoms with E-state index in [4.69, 9.17) is 0 Å². The molecule has 0 aromatic carbocycles. The molecule has 0 saturated heterocycles. The summed E-state index contributed by atoms with van der Waals surface area (Å²) in [5.74, 6) is 0. The average molecular weight is 246 g/mol. The maximum Gasteiger partial charge on any atom is 0.0969 e. The van der Waals surface area contributed by atoms with Gasteiger partial charge in [-0.15, -0.1) is 0 Å². The van der Waals surface area contributed by atoms with Gasteiger partial charge in [-0.3, -0.25) is 0 Å². The van der Waals surface area contributed by atoms with Crippen molar-refractivity contribution in [3.05, 3.63) is 21.5 Å². The lowest BCUT2D eigenvalue weighted by atomic mass is 10.3. The van der Waals surface area contributed by atoms with E-state index in [2.05, 4.69) is 25.2 Å². The number of rotatable bonds is 0. The van der Waals surface area contributed by atoms with E-state index in [1.807, 2.05) is 6.20 Å². The Bertz CT molecular complexity index is 309. The molecule has 52 valence electrons. The quantitative estimate of drug-likeness (QED) is 0.681. The Hall–Kier alpha value is -0.450. The van der Waals surface area contributed by atoms with E-state index in [0.29, 0.717) is 0 Å². The van der Waals surface area contributed by atoms with Crippen LogP contribution in [0.5, 0.6) is 0 Å². The van der Waals surface area contributed by atoms with Crippen molar-refractivity contribution in [1.82, 2.24) is 4.98 Å². The summed E-state index contributed by atoms with van der Waals surface area (Å²) >= 11 is -0.0405. The molecule has 0 saturated carbocycles. The van der Waals surface area contributed by atoms with Crippen LogP contribution in [0.3, 0.4) is 0 Å². The zero-order chi connectivity index (χ0) is 6.97. The number of aromatic nitrogens is 1. The molecule has 2 rings (SSSR count). The third kappa shape index (κ3) is 0.847. The van der Waals surface area contributed by atoms with Gasteiger partial charge in [0.25, 0.3) is 0 Å². The molecule has 10 heavy (non-hydrogen) atoms. The Balaban J connectivity index is 2.69. The van der Waals surface area contributed by atoms with Crippen LogP contribution >= 0.6 is 21.0 Å². The SMILES string of the molecule is Cc1c[nH]c2c1N=IC=C2. The van der Waals surface area contributed by atoms with Crippen molar-refractivity contribution in [2.45, 2.75) is 6.92 Å². The van der Waals surface area contributed by atoms with Crippen molar-refractivity contribution in [3.8, 4) is 0 Å². The fourth-order valence-corrected chi connectivity index (χ4v) is 2.54. The van der Waals surface area contributed by atoms with Gasteiger partial charge in [0.1, 0.15) is 0 Å². The number of halogens is 1. The van der Waals surface area contributed by atoms with Gasteiger partial charge in [0, 0.05) is 27.2 Å². The molecule has 0 atom stereocenters. The van der Waals surface area contributed by atoms with Crippen LogP contribution in [0.15, 0.2) is 13.4 Å². The van der Waals surface area contributed by atoms with E-state index in [-0.39, 0.29) is 21.0 Å². The largest absolute Gasteiger partial charge is 0.360 e. The molecular formula is C7H7IN2. The maximum absolute atomic E-state index is 4.44. The third-order valence-electron chi connectivity index (χ3n) is 1.49. The van der Waals surface area contributed by atoms with Gasteiger partial charge in [0.2, 0.25) is 0 Å². The molecule has 3 heteroatoms. The summed E-state index contributed by atoms with van der Waals surface area (Å²) < 4.78 is 6.61. The molecule has 1 N–H and O–H groups in total. The van der Waals surface area contributed by atoms with E-state index < -0.39 is 0 Å². The van der Waals surface area contributed by atoms with Gasteiger partial charge in [-0.1, -0.05) is 0 Å². The van der Waals surface area contributed by atoms with E-state index in [9.17, 15) is 0 Å². The molecule has 2 nitrogen and oxygen atoms in total. The van der Waals surface area contributed by atoms with Crippen molar-refractivity contribution < 1.29 is 0 Å². The van der Waals surface area contributed by atoms with Gasteiger partial charge >= 0.3 is 0 Å². The topological polar surface area (TPSA) is 28.1 Å². The van der Waals surface area contributed by atoms with Gasteiger partial charge in [-0.25, -0.2) is 3.15 Å². The molecule has 0 fully saturated rings. The minimum atomic E-state index is -0.0405. The Morgan fingerprint density at radius 1 is 1.60 bits per heavy atom. The number of hydrogen-bond acceptors (Lipinski definition) is 1. The minimum absolute atomic E-state index is 0.0405. The molecule has 0 aliphatic carbocycles. The summed E-state index contributed by atoms with van der Waals surface area (Å²) in [6, 6.07) is 0.